The van der Waals surface area contributed by atoms with Crippen molar-refractivity contribution < 1.29 is 41.9 Å². The lowest BCUT2D eigenvalue weighted by molar-refractivity contribution is -0.138. The smallest absolute Gasteiger partial charge is 0.437 e. The number of nitrogens with zero attached hydrogens (tertiary/aromatic N) is 4. The number of hydrogen-bond acceptors (Lipinski definition) is 7. The highest BCUT2D eigenvalue weighted by molar-refractivity contribution is 5.98. The summed E-state index contributed by atoms with van der Waals surface area (Å²) in [5, 5.41) is 15.2. The van der Waals surface area contributed by atoms with Gasteiger partial charge in [0.25, 0.3) is 0 Å². The molecule has 2 amide bonds. The van der Waals surface area contributed by atoms with Crippen molar-refractivity contribution in [1.29, 1.82) is 0 Å². The molecule has 3 rings (SSSR count). The predicted octanol–water partition coefficient (Wildman–Crippen LogP) is 6.58. The summed E-state index contributed by atoms with van der Waals surface area (Å²) in [5.74, 6) is -0.693. The molecule has 1 aliphatic heterocycles. The molecular formula is C27H34F3N5O6. The SMILES string of the molecule is CCCCC=CCOc1ccc(-c2noc(C3CCCN3C(=NC(=O)OC(C)(C)C)NC(=O)O)n2)cc1C(F)(F)F. The van der Waals surface area contributed by atoms with Crippen molar-refractivity contribution in [2.24, 2.45) is 4.99 Å². The molecule has 41 heavy (non-hydrogen) atoms. The summed E-state index contributed by atoms with van der Waals surface area (Å²) in [6.45, 7) is 7.25. The molecule has 0 spiro atoms. The number of benzene rings is 1. The molecule has 1 saturated heterocycles. The average Bonchev–Trinajstić information content (AvgIpc) is 3.53. The number of guanidine groups is 1. The van der Waals surface area contributed by atoms with E-state index in [1.807, 2.05) is 13.0 Å². The predicted molar refractivity (Wildman–Crippen MR) is 142 cm³/mol. The number of hydrogen-bond donors (Lipinski definition) is 2. The Hall–Kier alpha value is -4.10. The fraction of sp³-hybridized carbons (Fsp3) is 0.519. The van der Waals surface area contributed by atoms with Crippen molar-refractivity contribution in [3.05, 3.63) is 41.8 Å². The van der Waals surface area contributed by atoms with Crippen LogP contribution in [0.15, 0.2) is 39.9 Å². The molecule has 1 aromatic heterocycles. The monoisotopic (exact) mass is 581 g/mol. The van der Waals surface area contributed by atoms with Crippen LogP contribution in [-0.2, 0) is 10.9 Å². The number of nitrogens with one attached hydrogen (secondary N) is 1. The summed E-state index contributed by atoms with van der Waals surface area (Å²) in [5.41, 5.74) is -1.79. The number of unbranched alkanes of at least 4 members (excludes halogenated alkanes) is 2. The van der Waals surface area contributed by atoms with Crippen LogP contribution in [0, 0.1) is 0 Å². The Morgan fingerprint density at radius 1 is 1.27 bits per heavy atom. The molecular weight excluding hydrogens is 547 g/mol. The van der Waals surface area contributed by atoms with Crippen LogP contribution in [0.2, 0.25) is 0 Å². The van der Waals surface area contributed by atoms with Gasteiger partial charge in [-0.15, -0.1) is 4.99 Å². The number of carboxylic acid groups (broad SMARTS) is 1. The number of aliphatic imine (C=N–C) groups is 1. The summed E-state index contributed by atoms with van der Waals surface area (Å²) in [4.78, 5) is 33.2. The number of carbonyl (C=O) groups excluding carboxylic acids is 1. The average molecular weight is 582 g/mol. The molecule has 2 heterocycles. The van der Waals surface area contributed by atoms with Crippen LogP contribution in [0.1, 0.15) is 77.3 Å². The third-order valence-corrected chi connectivity index (χ3v) is 5.83. The van der Waals surface area contributed by atoms with Crippen molar-refractivity contribution in [1.82, 2.24) is 20.4 Å². The molecule has 14 heteroatoms. The van der Waals surface area contributed by atoms with E-state index >= 15 is 0 Å². The molecule has 2 N–H and O–H groups in total. The van der Waals surface area contributed by atoms with E-state index in [1.54, 1.807) is 26.8 Å². The largest absolute Gasteiger partial charge is 0.489 e. The molecule has 1 aromatic carbocycles. The Morgan fingerprint density at radius 3 is 2.68 bits per heavy atom. The van der Waals surface area contributed by atoms with E-state index in [0.29, 0.717) is 19.4 Å². The maximum Gasteiger partial charge on any atom is 0.437 e. The van der Waals surface area contributed by atoms with E-state index < -0.39 is 35.6 Å². The lowest BCUT2D eigenvalue weighted by Gasteiger charge is -2.25. The molecule has 2 aromatic rings. The first kappa shape index (κ1) is 31.4. The minimum absolute atomic E-state index is 0.00637. The van der Waals surface area contributed by atoms with Gasteiger partial charge in [-0.1, -0.05) is 37.1 Å². The van der Waals surface area contributed by atoms with Crippen LogP contribution >= 0.6 is 0 Å². The van der Waals surface area contributed by atoms with Gasteiger partial charge >= 0.3 is 18.4 Å². The number of aromatic nitrogens is 2. The number of allylic oxidation sites excluding steroid dienone is 1. The minimum Gasteiger partial charge on any atom is -0.489 e. The van der Waals surface area contributed by atoms with E-state index in [4.69, 9.17) is 14.0 Å². The van der Waals surface area contributed by atoms with Crippen molar-refractivity contribution in [3.63, 3.8) is 0 Å². The molecule has 0 bridgehead atoms. The van der Waals surface area contributed by atoms with Gasteiger partial charge in [0.05, 0.1) is 5.56 Å². The summed E-state index contributed by atoms with van der Waals surface area (Å²) in [7, 11) is 0. The Morgan fingerprint density at radius 2 is 2.02 bits per heavy atom. The fourth-order valence-electron chi connectivity index (χ4n) is 4.06. The van der Waals surface area contributed by atoms with Crippen molar-refractivity contribution in [3.8, 4) is 17.1 Å². The lowest BCUT2D eigenvalue weighted by Crippen LogP contribution is -2.44. The second-order valence-corrected chi connectivity index (χ2v) is 10.3. The molecule has 224 valence electrons. The van der Waals surface area contributed by atoms with Gasteiger partial charge in [-0.25, -0.2) is 9.59 Å². The van der Waals surface area contributed by atoms with Gasteiger partial charge in [-0.3, -0.25) is 5.32 Å². The fourth-order valence-corrected chi connectivity index (χ4v) is 4.06. The van der Waals surface area contributed by atoms with Gasteiger partial charge in [0.15, 0.2) is 0 Å². The van der Waals surface area contributed by atoms with Gasteiger partial charge in [0.1, 0.15) is 24.0 Å². The third kappa shape index (κ3) is 9.22. The number of halogens is 3. The molecule has 11 nitrogen and oxygen atoms in total. The second kappa shape index (κ2) is 13.5. The standard InChI is InChI=1S/C27H34F3N5O6/c1-5-6-7-8-9-15-39-20-13-12-17(16-18(20)27(28,29)30)21-31-22(41-34-21)19-11-10-14-35(19)23(32-24(36)37)33-25(38)40-26(2,3)4/h8-9,12-13,16,19H,5-7,10-11,14-15H2,1-4H3,(H,36,37)(H,32,33,38). The number of alkyl halides is 3. The molecule has 1 unspecified atom stereocenters. The van der Waals surface area contributed by atoms with Crippen LogP contribution in [-0.4, -0.2) is 57.0 Å². The van der Waals surface area contributed by atoms with Gasteiger partial charge in [0.2, 0.25) is 17.7 Å². The number of amides is 2. The van der Waals surface area contributed by atoms with Gasteiger partial charge in [-0.2, -0.15) is 18.2 Å². The summed E-state index contributed by atoms with van der Waals surface area (Å²) >= 11 is 0. The molecule has 1 atom stereocenters. The number of ether oxygens (including phenoxy) is 2. The number of likely N-dealkylation sites (tertiary alicyclic amines) is 1. The first-order valence-electron chi connectivity index (χ1n) is 13.2. The van der Waals surface area contributed by atoms with Gasteiger partial charge < -0.3 is 24.0 Å². The van der Waals surface area contributed by atoms with E-state index in [-0.39, 0.29) is 35.6 Å². The zero-order valence-corrected chi connectivity index (χ0v) is 23.3. The summed E-state index contributed by atoms with van der Waals surface area (Å²) in [6.07, 6.45) is 0.220. The van der Waals surface area contributed by atoms with E-state index in [0.717, 1.165) is 25.3 Å². The number of rotatable bonds is 8. The Bertz CT molecular complexity index is 1270. The summed E-state index contributed by atoms with van der Waals surface area (Å²) in [6, 6.07) is 2.80. The maximum atomic E-state index is 13.8. The van der Waals surface area contributed by atoms with Gasteiger partial charge in [0, 0.05) is 12.1 Å². The first-order chi connectivity index (χ1) is 19.3. The zero-order chi connectivity index (χ0) is 30.2. The molecule has 1 aliphatic rings. The highest BCUT2D eigenvalue weighted by atomic mass is 19.4. The first-order valence-corrected chi connectivity index (χ1v) is 13.2. The lowest BCUT2D eigenvalue weighted by atomic mass is 10.1. The zero-order valence-electron chi connectivity index (χ0n) is 23.3. The van der Waals surface area contributed by atoms with Crippen molar-refractivity contribution in [2.75, 3.05) is 13.2 Å². The van der Waals surface area contributed by atoms with Crippen LogP contribution in [0.3, 0.4) is 0 Å². The highest BCUT2D eigenvalue weighted by Crippen LogP contribution is 2.39. The number of carbonyl (C=O) groups is 2. The van der Waals surface area contributed by atoms with Gasteiger partial charge in [-0.05, 0) is 58.2 Å². The van der Waals surface area contributed by atoms with Crippen LogP contribution < -0.4 is 10.1 Å². The third-order valence-electron chi connectivity index (χ3n) is 5.83. The van der Waals surface area contributed by atoms with Crippen LogP contribution in [0.5, 0.6) is 5.75 Å². The second-order valence-electron chi connectivity index (χ2n) is 10.3. The van der Waals surface area contributed by atoms with E-state index in [1.165, 1.54) is 17.0 Å². The van der Waals surface area contributed by atoms with Crippen LogP contribution in [0.25, 0.3) is 11.4 Å². The quantitative estimate of drug-likeness (QED) is 0.153. The molecule has 1 fully saturated rings. The van der Waals surface area contributed by atoms with Crippen molar-refractivity contribution in [2.45, 2.75) is 77.6 Å². The van der Waals surface area contributed by atoms with E-state index in [9.17, 15) is 27.9 Å². The Kier molecular flexibility index (Phi) is 10.4. The maximum absolute atomic E-state index is 13.8. The highest BCUT2D eigenvalue weighted by Gasteiger charge is 2.37. The molecule has 0 aliphatic carbocycles. The Labute approximate surface area is 235 Å². The summed E-state index contributed by atoms with van der Waals surface area (Å²) < 4.78 is 57.4. The van der Waals surface area contributed by atoms with Crippen molar-refractivity contribution >= 4 is 18.1 Å². The van der Waals surface area contributed by atoms with Crippen LogP contribution in [0.4, 0.5) is 22.8 Å². The van der Waals surface area contributed by atoms with E-state index in [2.05, 4.69) is 20.4 Å². The molecule has 0 radical (unpaired) electrons. The Balaban J connectivity index is 1.84. The molecule has 0 saturated carbocycles. The topological polar surface area (TPSA) is 139 Å². The minimum atomic E-state index is -4.69. The normalized spacial score (nSPS) is 16.3.